The first-order chi connectivity index (χ1) is 8.84. The molecular formula is C12H24N2O4S. The molecule has 1 aliphatic heterocycles. The van der Waals surface area contributed by atoms with Gasteiger partial charge in [-0.25, -0.2) is 12.7 Å². The smallest absolute Gasteiger partial charge is 0.211 e. The number of rotatable bonds is 7. The van der Waals surface area contributed by atoms with Crippen molar-refractivity contribution in [2.24, 2.45) is 11.7 Å². The van der Waals surface area contributed by atoms with E-state index in [1.54, 1.807) is 7.11 Å². The van der Waals surface area contributed by atoms with E-state index in [0.717, 1.165) is 12.8 Å². The standard InChI is InChI=1S/C12H24N2O4S/c1-18-7-5-11(13)12(15)8-10-4-3-6-14(9-10)19(2,16)17/h10-11H,3-9,13H2,1-2H3. The number of carbonyl (C=O) groups is 1. The van der Waals surface area contributed by atoms with Gasteiger partial charge in [-0.15, -0.1) is 0 Å². The zero-order valence-corrected chi connectivity index (χ0v) is 12.5. The Labute approximate surface area is 115 Å². The molecule has 0 aliphatic carbocycles. The molecule has 1 saturated heterocycles. The molecule has 1 heterocycles. The van der Waals surface area contributed by atoms with E-state index < -0.39 is 16.1 Å². The zero-order chi connectivity index (χ0) is 14.5. The summed E-state index contributed by atoms with van der Waals surface area (Å²) in [4.78, 5) is 11.9. The van der Waals surface area contributed by atoms with Crippen LogP contribution in [0.2, 0.25) is 0 Å². The molecule has 0 saturated carbocycles. The maximum Gasteiger partial charge on any atom is 0.211 e. The van der Waals surface area contributed by atoms with Gasteiger partial charge in [-0.1, -0.05) is 0 Å². The molecule has 112 valence electrons. The van der Waals surface area contributed by atoms with Gasteiger partial charge in [0.2, 0.25) is 10.0 Å². The molecular weight excluding hydrogens is 268 g/mol. The predicted molar refractivity (Wildman–Crippen MR) is 73.2 cm³/mol. The van der Waals surface area contributed by atoms with Crippen molar-refractivity contribution in [2.75, 3.05) is 33.1 Å². The first-order valence-corrected chi connectivity index (χ1v) is 8.41. The Bertz CT molecular complexity index is 397. The summed E-state index contributed by atoms with van der Waals surface area (Å²) in [6.45, 7) is 1.45. The fourth-order valence-corrected chi connectivity index (χ4v) is 3.28. The summed E-state index contributed by atoms with van der Waals surface area (Å²) in [6, 6.07) is -0.506. The Kier molecular flexibility index (Phi) is 6.38. The van der Waals surface area contributed by atoms with E-state index in [1.807, 2.05) is 0 Å². The van der Waals surface area contributed by atoms with Gasteiger partial charge in [-0.3, -0.25) is 4.79 Å². The van der Waals surface area contributed by atoms with E-state index in [-0.39, 0.29) is 11.7 Å². The fourth-order valence-electron chi connectivity index (χ4n) is 2.34. The lowest BCUT2D eigenvalue weighted by molar-refractivity contribution is -0.121. The summed E-state index contributed by atoms with van der Waals surface area (Å²) in [7, 11) is -1.59. The second-order valence-corrected chi connectivity index (χ2v) is 7.17. The molecule has 7 heteroatoms. The van der Waals surface area contributed by atoms with Crippen LogP contribution in [0.1, 0.15) is 25.7 Å². The molecule has 6 nitrogen and oxygen atoms in total. The Morgan fingerprint density at radius 3 is 2.79 bits per heavy atom. The molecule has 0 aromatic heterocycles. The van der Waals surface area contributed by atoms with E-state index in [2.05, 4.69) is 0 Å². The topological polar surface area (TPSA) is 89.7 Å². The maximum absolute atomic E-state index is 11.9. The molecule has 0 aromatic carbocycles. The van der Waals surface area contributed by atoms with Crippen LogP contribution >= 0.6 is 0 Å². The van der Waals surface area contributed by atoms with Gasteiger partial charge in [0.25, 0.3) is 0 Å². The minimum Gasteiger partial charge on any atom is -0.385 e. The lowest BCUT2D eigenvalue weighted by atomic mass is 9.91. The summed E-state index contributed by atoms with van der Waals surface area (Å²) in [5.41, 5.74) is 5.78. The highest BCUT2D eigenvalue weighted by Crippen LogP contribution is 2.22. The van der Waals surface area contributed by atoms with E-state index in [0.29, 0.717) is 32.5 Å². The van der Waals surface area contributed by atoms with Crippen molar-refractivity contribution in [1.29, 1.82) is 0 Å². The molecule has 2 atom stereocenters. The van der Waals surface area contributed by atoms with Crippen LogP contribution in [0.15, 0.2) is 0 Å². The van der Waals surface area contributed by atoms with Crippen LogP contribution < -0.4 is 5.73 Å². The minimum atomic E-state index is -3.16. The molecule has 2 N–H and O–H groups in total. The Balaban J connectivity index is 2.46. The quantitative estimate of drug-likeness (QED) is 0.712. The number of hydrogen-bond acceptors (Lipinski definition) is 5. The molecule has 1 fully saturated rings. The van der Waals surface area contributed by atoms with Crippen LogP contribution in [0, 0.1) is 5.92 Å². The SMILES string of the molecule is COCCC(N)C(=O)CC1CCCN(S(C)(=O)=O)C1. The van der Waals surface area contributed by atoms with Gasteiger partial charge < -0.3 is 10.5 Å². The van der Waals surface area contributed by atoms with Crippen molar-refractivity contribution in [3.8, 4) is 0 Å². The summed E-state index contributed by atoms with van der Waals surface area (Å²) in [5.74, 6) is 0.0852. The number of carbonyl (C=O) groups excluding carboxylic acids is 1. The summed E-state index contributed by atoms with van der Waals surface area (Å²) in [5, 5.41) is 0. The Morgan fingerprint density at radius 1 is 1.53 bits per heavy atom. The van der Waals surface area contributed by atoms with Crippen molar-refractivity contribution in [3.63, 3.8) is 0 Å². The molecule has 0 amide bonds. The predicted octanol–water partition coefficient (Wildman–Crippen LogP) is -0.0190. The largest absolute Gasteiger partial charge is 0.385 e. The number of sulfonamides is 1. The molecule has 0 spiro atoms. The third-order valence-corrected chi connectivity index (χ3v) is 4.76. The van der Waals surface area contributed by atoms with E-state index in [4.69, 9.17) is 10.5 Å². The van der Waals surface area contributed by atoms with Gasteiger partial charge in [-0.2, -0.15) is 0 Å². The zero-order valence-electron chi connectivity index (χ0n) is 11.7. The number of nitrogens with zero attached hydrogens (tertiary/aromatic N) is 1. The highest BCUT2D eigenvalue weighted by Gasteiger charge is 2.28. The second-order valence-electron chi connectivity index (χ2n) is 5.19. The van der Waals surface area contributed by atoms with Crippen molar-refractivity contribution < 1.29 is 17.9 Å². The number of ether oxygens (including phenoxy) is 1. The summed E-state index contributed by atoms with van der Waals surface area (Å²) >= 11 is 0. The molecule has 1 aliphatic rings. The molecule has 0 aromatic rings. The third kappa shape index (κ3) is 5.56. The van der Waals surface area contributed by atoms with Gasteiger partial charge in [-0.05, 0) is 25.2 Å². The fraction of sp³-hybridized carbons (Fsp3) is 0.917. The third-order valence-electron chi connectivity index (χ3n) is 3.49. The number of nitrogens with two attached hydrogens (primary N) is 1. The summed E-state index contributed by atoms with van der Waals surface area (Å²) < 4.78 is 29.3. The van der Waals surface area contributed by atoms with Gasteiger partial charge in [0.1, 0.15) is 5.78 Å². The van der Waals surface area contributed by atoms with Gasteiger partial charge in [0.05, 0.1) is 12.3 Å². The first kappa shape index (κ1) is 16.6. The molecule has 2 unspecified atom stereocenters. The number of Topliss-reactive ketones (excluding diaryl/α,β-unsaturated/α-hetero) is 1. The van der Waals surface area contributed by atoms with Crippen molar-refractivity contribution in [2.45, 2.75) is 31.7 Å². The van der Waals surface area contributed by atoms with E-state index in [1.165, 1.54) is 10.6 Å². The van der Waals surface area contributed by atoms with E-state index >= 15 is 0 Å². The summed E-state index contributed by atoms with van der Waals surface area (Å²) in [6.07, 6.45) is 3.77. The van der Waals surface area contributed by atoms with Crippen LogP contribution in [0.25, 0.3) is 0 Å². The minimum absolute atomic E-state index is 0.00241. The van der Waals surface area contributed by atoms with E-state index in [9.17, 15) is 13.2 Å². The lowest BCUT2D eigenvalue weighted by Crippen LogP contribution is -2.41. The first-order valence-electron chi connectivity index (χ1n) is 6.57. The van der Waals surface area contributed by atoms with Gasteiger partial charge in [0, 0.05) is 33.2 Å². The number of ketones is 1. The van der Waals surface area contributed by atoms with Crippen LogP contribution in [-0.2, 0) is 19.6 Å². The van der Waals surface area contributed by atoms with Crippen LogP contribution in [0.3, 0.4) is 0 Å². The van der Waals surface area contributed by atoms with Crippen LogP contribution in [0.4, 0.5) is 0 Å². The normalized spacial score (nSPS) is 23.2. The highest BCUT2D eigenvalue weighted by atomic mass is 32.2. The average Bonchev–Trinajstić information content (AvgIpc) is 2.35. The molecule has 0 radical (unpaired) electrons. The Hall–Kier alpha value is -0.500. The average molecular weight is 292 g/mol. The number of piperidine rings is 1. The van der Waals surface area contributed by atoms with Crippen LogP contribution in [0.5, 0.6) is 0 Å². The lowest BCUT2D eigenvalue weighted by Gasteiger charge is -2.31. The molecule has 0 bridgehead atoms. The highest BCUT2D eigenvalue weighted by molar-refractivity contribution is 7.88. The number of hydrogen-bond donors (Lipinski definition) is 1. The van der Waals surface area contributed by atoms with Crippen LogP contribution in [-0.4, -0.2) is 57.6 Å². The molecule has 19 heavy (non-hydrogen) atoms. The Morgan fingerprint density at radius 2 is 2.21 bits per heavy atom. The van der Waals surface area contributed by atoms with Gasteiger partial charge in [0.15, 0.2) is 0 Å². The maximum atomic E-state index is 11.9. The monoisotopic (exact) mass is 292 g/mol. The second kappa shape index (κ2) is 7.33. The van der Waals surface area contributed by atoms with Gasteiger partial charge >= 0.3 is 0 Å². The van der Waals surface area contributed by atoms with Crippen molar-refractivity contribution in [1.82, 2.24) is 4.31 Å². The molecule has 1 rings (SSSR count). The van der Waals surface area contributed by atoms with Crippen molar-refractivity contribution in [3.05, 3.63) is 0 Å². The van der Waals surface area contributed by atoms with Crippen molar-refractivity contribution >= 4 is 15.8 Å². The number of methoxy groups -OCH3 is 1.